The van der Waals surface area contributed by atoms with E-state index in [1.165, 1.54) is 0 Å². The van der Waals surface area contributed by atoms with Crippen molar-refractivity contribution in [2.45, 2.75) is 55.4 Å². The van der Waals surface area contributed by atoms with Crippen molar-refractivity contribution in [2.24, 2.45) is 0 Å². The van der Waals surface area contributed by atoms with Gasteiger partial charge in [0.25, 0.3) is 0 Å². The van der Waals surface area contributed by atoms with E-state index in [1.54, 1.807) is 55.4 Å². The second-order valence-corrected chi connectivity index (χ2v) is 7.72. The van der Waals surface area contributed by atoms with Crippen LogP contribution < -0.4 is 0 Å². The van der Waals surface area contributed by atoms with Crippen molar-refractivity contribution in [3.63, 3.8) is 0 Å². The van der Waals surface area contributed by atoms with Gasteiger partial charge in [-0.25, -0.2) is 19.2 Å². The van der Waals surface area contributed by atoms with Crippen LogP contribution in [0.1, 0.15) is 85.9 Å². The molecular weight excluding hydrogens is 416 g/mol. The highest BCUT2D eigenvalue weighted by Crippen LogP contribution is 2.27. The summed E-state index contributed by atoms with van der Waals surface area (Å²) in [6.07, 6.45) is 0. The minimum absolute atomic E-state index is 0.208. The lowest BCUT2D eigenvalue weighted by Gasteiger charge is -2.15. The van der Waals surface area contributed by atoms with Crippen molar-refractivity contribution in [3.05, 3.63) is 66.8 Å². The molecule has 2 aromatic carbocycles. The molecule has 0 unspecified atom stereocenters. The van der Waals surface area contributed by atoms with Gasteiger partial charge in [0, 0.05) is 0 Å². The number of hydrogen-bond donors (Lipinski definition) is 4. The second kappa shape index (κ2) is 9.64. The van der Waals surface area contributed by atoms with E-state index in [0.29, 0.717) is 44.5 Å². The number of hydrogen-bond acceptors (Lipinski definition) is 4. The lowest BCUT2D eigenvalue weighted by Crippen LogP contribution is -2.13. The molecule has 0 saturated heterocycles. The van der Waals surface area contributed by atoms with E-state index in [2.05, 4.69) is 0 Å². The Labute approximate surface area is 186 Å². The Hall–Kier alpha value is -3.68. The van der Waals surface area contributed by atoms with E-state index in [-0.39, 0.29) is 22.3 Å². The van der Waals surface area contributed by atoms with Crippen LogP contribution in [0.2, 0.25) is 0 Å². The van der Waals surface area contributed by atoms with E-state index in [0.717, 1.165) is 0 Å². The summed E-state index contributed by atoms with van der Waals surface area (Å²) in [7, 11) is 0. The van der Waals surface area contributed by atoms with Crippen molar-refractivity contribution in [1.82, 2.24) is 0 Å². The predicted molar refractivity (Wildman–Crippen MR) is 119 cm³/mol. The molecule has 0 amide bonds. The Morgan fingerprint density at radius 2 is 0.438 bits per heavy atom. The molecule has 8 nitrogen and oxygen atoms in total. The fourth-order valence-electron chi connectivity index (χ4n) is 3.91. The molecule has 0 radical (unpaired) electrons. The third-order valence-corrected chi connectivity index (χ3v) is 6.11. The van der Waals surface area contributed by atoms with Gasteiger partial charge in [0.15, 0.2) is 0 Å². The molecular formula is C24H28O8. The summed E-state index contributed by atoms with van der Waals surface area (Å²) in [6.45, 7) is 13.1. The molecule has 0 saturated carbocycles. The maximum absolute atomic E-state index is 11.1. The second-order valence-electron chi connectivity index (χ2n) is 7.72. The van der Waals surface area contributed by atoms with Gasteiger partial charge < -0.3 is 20.4 Å². The predicted octanol–water partition coefficient (Wildman–Crippen LogP) is 4.63. The van der Waals surface area contributed by atoms with Crippen LogP contribution in [-0.4, -0.2) is 44.3 Å². The number of carbonyl (C=O) groups is 4. The Morgan fingerprint density at radius 1 is 0.344 bits per heavy atom. The highest BCUT2D eigenvalue weighted by Gasteiger charge is 2.23. The van der Waals surface area contributed by atoms with Crippen LogP contribution in [0.4, 0.5) is 0 Å². The average Bonchev–Trinajstić information content (AvgIpc) is 2.65. The zero-order chi connectivity index (χ0) is 25.2. The zero-order valence-electron chi connectivity index (χ0n) is 19.4. The molecule has 0 aromatic heterocycles. The van der Waals surface area contributed by atoms with Crippen molar-refractivity contribution in [2.75, 3.05) is 0 Å². The zero-order valence-corrected chi connectivity index (χ0v) is 19.4. The van der Waals surface area contributed by atoms with Crippen LogP contribution in [0.3, 0.4) is 0 Å². The highest BCUT2D eigenvalue weighted by molar-refractivity contribution is 5.98. The number of carboxylic acids is 4. The first-order valence-corrected chi connectivity index (χ1v) is 9.71. The summed E-state index contributed by atoms with van der Waals surface area (Å²) in [5.74, 6) is -4.06. The normalized spacial score (nSPS) is 10.2. The molecule has 0 spiro atoms. The van der Waals surface area contributed by atoms with Crippen molar-refractivity contribution < 1.29 is 39.6 Å². The van der Waals surface area contributed by atoms with Gasteiger partial charge in [-0.15, -0.1) is 0 Å². The molecule has 8 heteroatoms. The van der Waals surface area contributed by atoms with Gasteiger partial charge in [-0.3, -0.25) is 0 Å². The first kappa shape index (κ1) is 26.4. The monoisotopic (exact) mass is 444 g/mol. The maximum atomic E-state index is 11.1. The van der Waals surface area contributed by atoms with E-state index < -0.39 is 23.9 Å². The molecule has 172 valence electrons. The minimum atomic E-state index is -1.02. The van der Waals surface area contributed by atoms with Gasteiger partial charge in [-0.2, -0.15) is 0 Å². The molecule has 0 bridgehead atoms. The lowest BCUT2D eigenvalue weighted by molar-refractivity contribution is 0.0678. The third-order valence-electron chi connectivity index (χ3n) is 6.11. The van der Waals surface area contributed by atoms with Crippen LogP contribution in [0.25, 0.3) is 0 Å². The number of benzene rings is 2. The van der Waals surface area contributed by atoms with Crippen molar-refractivity contribution in [1.29, 1.82) is 0 Å². The number of aromatic carboxylic acids is 4. The fourth-order valence-corrected chi connectivity index (χ4v) is 3.91. The van der Waals surface area contributed by atoms with Crippen molar-refractivity contribution in [3.8, 4) is 0 Å². The Balaban J connectivity index is 0.000000320. The van der Waals surface area contributed by atoms with E-state index in [9.17, 15) is 19.2 Å². The van der Waals surface area contributed by atoms with Gasteiger partial charge in [0.05, 0.1) is 22.3 Å². The van der Waals surface area contributed by atoms with E-state index >= 15 is 0 Å². The molecule has 0 aliphatic carbocycles. The molecule has 0 heterocycles. The molecule has 4 N–H and O–H groups in total. The molecule has 2 aromatic rings. The van der Waals surface area contributed by atoms with Crippen LogP contribution in [0.5, 0.6) is 0 Å². The summed E-state index contributed by atoms with van der Waals surface area (Å²) < 4.78 is 0. The van der Waals surface area contributed by atoms with E-state index in [1.807, 2.05) is 0 Å². The molecule has 0 aliphatic rings. The maximum Gasteiger partial charge on any atom is 0.336 e. The number of rotatable bonds is 4. The summed E-state index contributed by atoms with van der Waals surface area (Å²) in [5, 5.41) is 36.3. The quantitative estimate of drug-likeness (QED) is 0.533. The van der Waals surface area contributed by atoms with Gasteiger partial charge in [0.2, 0.25) is 0 Å². The van der Waals surface area contributed by atoms with Crippen LogP contribution in [0, 0.1) is 55.4 Å². The van der Waals surface area contributed by atoms with Gasteiger partial charge in [-0.05, 0) is 99.9 Å². The van der Waals surface area contributed by atoms with Crippen LogP contribution in [-0.2, 0) is 0 Å². The van der Waals surface area contributed by atoms with Gasteiger partial charge in [-0.1, -0.05) is 0 Å². The summed E-state index contributed by atoms with van der Waals surface area (Å²) in [5.41, 5.74) is 5.00. The van der Waals surface area contributed by atoms with E-state index in [4.69, 9.17) is 20.4 Å². The molecule has 0 fully saturated rings. The Morgan fingerprint density at radius 3 is 0.500 bits per heavy atom. The Kier molecular flexibility index (Phi) is 7.94. The van der Waals surface area contributed by atoms with Crippen LogP contribution >= 0.6 is 0 Å². The number of carboxylic acid groups (broad SMARTS) is 4. The smallest absolute Gasteiger partial charge is 0.336 e. The molecule has 32 heavy (non-hydrogen) atoms. The topological polar surface area (TPSA) is 149 Å². The van der Waals surface area contributed by atoms with Crippen LogP contribution in [0.15, 0.2) is 0 Å². The molecule has 0 aliphatic heterocycles. The third kappa shape index (κ3) is 4.64. The lowest BCUT2D eigenvalue weighted by atomic mass is 9.89. The first-order chi connectivity index (χ1) is 14.6. The largest absolute Gasteiger partial charge is 0.478 e. The SMILES string of the molecule is Cc1c(C)c(C(=O)O)c(C)c(C)c1C(=O)O.Cc1c(C)c(C(=O)O)c(C)c(C)c1C(=O)O. The Bertz CT molecular complexity index is 916. The summed E-state index contributed by atoms with van der Waals surface area (Å²) in [6, 6.07) is 0. The summed E-state index contributed by atoms with van der Waals surface area (Å²) in [4.78, 5) is 44.3. The average molecular weight is 444 g/mol. The highest BCUT2D eigenvalue weighted by atomic mass is 16.4. The molecule has 0 atom stereocenters. The summed E-state index contributed by atoms with van der Waals surface area (Å²) >= 11 is 0. The first-order valence-electron chi connectivity index (χ1n) is 9.71. The fraction of sp³-hybridized carbons (Fsp3) is 0.333. The molecule has 2 rings (SSSR count). The van der Waals surface area contributed by atoms with Crippen molar-refractivity contribution >= 4 is 23.9 Å². The van der Waals surface area contributed by atoms with Gasteiger partial charge in [0.1, 0.15) is 0 Å². The standard InChI is InChI=1S/2C12H14O4/c2*1-5-6(2)10(12(15)16)8(4)7(3)9(5)11(13)14/h2*1-4H3,(H,13,14)(H,15,16). The minimum Gasteiger partial charge on any atom is -0.478 e. The van der Waals surface area contributed by atoms with Gasteiger partial charge >= 0.3 is 23.9 Å².